The van der Waals surface area contributed by atoms with E-state index in [1.807, 2.05) is 30.3 Å². The number of carbonyl (C=O) groups is 1. The fourth-order valence-electron chi connectivity index (χ4n) is 1.86. The molecule has 0 aliphatic rings. The second-order valence-electron chi connectivity index (χ2n) is 4.06. The number of hydrogen-bond donors (Lipinski definition) is 0. The molecule has 0 saturated heterocycles. The van der Waals surface area contributed by atoms with Gasteiger partial charge in [0.15, 0.2) is 0 Å². The van der Waals surface area contributed by atoms with Gasteiger partial charge in [0.25, 0.3) is 0 Å². The first-order valence-electron chi connectivity index (χ1n) is 5.77. The summed E-state index contributed by atoms with van der Waals surface area (Å²) in [5.74, 6) is -0.174. The van der Waals surface area contributed by atoms with Crippen LogP contribution in [0.3, 0.4) is 0 Å². The van der Waals surface area contributed by atoms with Crippen LogP contribution in [-0.4, -0.2) is 15.8 Å². The highest BCUT2D eigenvalue weighted by molar-refractivity contribution is 9.10. The van der Waals surface area contributed by atoms with E-state index in [1.165, 1.54) is 0 Å². The maximum Gasteiger partial charge on any atom is 0.229 e. The third-order valence-electron chi connectivity index (χ3n) is 2.78. The molecule has 2 heterocycles. The lowest BCUT2D eigenvalue weighted by atomic mass is 10.1. The monoisotopic (exact) mass is 312 g/mol. The number of pyridine rings is 2. The Morgan fingerprint density at radius 3 is 2.47 bits per heavy atom. The van der Waals surface area contributed by atoms with Crippen molar-refractivity contribution in [3.63, 3.8) is 0 Å². The molecule has 2 aromatic heterocycles. The Kier molecular flexibility index (Phi) is 3.09. The molecule has 0 N–H and O–H groups in total. The molecule has 1 aromatic carbocycles. The fraction of sp³-hybridized carbons (Fsp3) is 0. The Balaban J connectivity index is 2.06. The number of hydrogen-bond acceptors (Lipinski definition) is 3. The molecule has 0 aliphatic carbocycles. The summed E-state index contributed by atoms with van der Waals surface area (Å²) < 4.78 is 0.638. The van der Waals surface area contributed by atoms with E-state index in [2.05, 4.69) is 25.9 Å². The molecule has 0 amide bonds. The highest BCUT2D eigenvalue weighted by Gasteiger charge is 2.12. The molecular formula is C15H9BrN2O. The van der Waals surface area contributed by atoms with Gasteiger partial charge in [-0.2, -0.15) is 0 Å². The number of rotatable bonds is 2. The van der Waals surface area contributed by atoms with Crippen LogP contribution in [0.1, 0.15) is 16.2 Å². The molecule has 3 nitrogen and oxygen atoms in total. The summed E-state index contributed by atoms with van der Waals surface area (Å²) in [5.41, 5.74) is 1.60. The summed E-state index contributed by atoms with van der Waals surface area (Å²) in [5, 5.41) is 1.02. The number of halogens is 1. The van der Waals surface area contributed by atoms with Gasteiger partial charge in [-0.3, -0.25) is 4.79 Å². The molecule has 0 unspecified atom stereocenters. The Hall–Kier alpha value is -2.07. The van der Waals surface area contributed by atoms with E-state index < -0.39 is 0 Å². The second-order valence-corrected chi connectivity index (χ2v) is 4.88. The Morgan fingerprint density at radius 1 is 0.842 bits per heavy atom. The zero-order chi connectivity index (χ0) is 13.2. The van der Waals surface area contributed by atoms with Gasteiger partial charge in [-0.1, -0.05) is 30.3 Å². The zero-order valence-corrected chi connectivity index (χ0v) is 11.5. The largest absolute Gasteiger partial charge is 0.285 e. The van der Waals surface area contributed by atoms with Crippen molar-refractivity contribution in [2.45, 2.75) is 0 Å². The van der Waals surface area contributed by atoms with Gasteiger partial charge in [0.2, 0.25) is 5.78 Å². The van der Waals surface area contributed by atoms with Gasteiger partial charge >= 0.3 is 0 Å². The number of nitrogens with zero attached hydrogens (tertiary/aromatic N) is 2. The minimum Gasteiger partial charge on any atom is -0.285 e. The average molecular weight is 313 g/mol. The van der Waals surface area contributed by atoms with Gasteiger partial charge in [0.1, 0.15) is 16.0 Å². The second kappa shape index (κ2) is 4.90. The summed E-state index contributed by atoms with van der Waals surface area (Å²) in [4.78, 5) is 20.8. The van der Waals surface area contributed by atoms with Gasteiger partial charge in [-0.25, -0.2) is 9.97 Å². The van der Waals surface area contributed by atoms with Crippen molar-refractivity contribution in [3.8, 4) is 0 Å². The lowest BCUT2D eigenvalue weighted by Crippen LogP contribution is -2.06. The van der Waals surface area contributed by atoms with Crippen molar-refractivity contribution >= 4 is 32.6 Å². The van der Waals surface area contributed by atoms with E-state index in [4.69, 9.17) is 0 Å². The lowest BCUT2D eigenvalue weighted by molar-refractivity contribution is 0.103. The first kappa shape index (κ1) is 12.0. The van der Waals surface area contributed by atoms with Crippen LogP contribution in [-0.2, 0) is 0 Å². The SMILES string of the molecule is O=C(c1cccc(Br)n1)c1ccc2ccccc2n1. The van der Waals surface area contributed by atoms with Crippen LogP contribution in [0.4, 0.5) is 0 Å². The zero-order valence-electron chi connectivity index (χ0n) is 9.88. The highest BCUT2D eigenvalue weighted by atomic mass is 79.9. The van der Waals surface area contributed by atoms with Gasteiger partial charge in [-0.15, -0.1) is 0 Å². The Labute approximate surface area is 118 Å². The van der Waals surface area contributed by atoms with Crippen molar-refractivity contribution in [1.82, 2.24) is 9.97 Å². The molecule has 0 bridgehead atoms. The minimum absolute atomic E-state index is 0.174. The summed E-state index contributed by atoms with van der Waals surface area (Å²) in [6.45, 7) is 0. The van der Waals surface area contributed by atoms with Crippen LogP contribution in [0.2, 0.25) is 0 Å². The molecule has 3 aromatic rings. The molecule has 19 heavy (non-hydrogen) atoms. The van der Waals surface area contributed by atoms with Crippen LogP contribution < -0.4 is 0 Å². The molecule has 0 aliphatic heterocycles. The first-order valence-corrected chi connectivity index (χ1v) is 6.56. The van der Waals surface area contributed by atoms with E-state index in [1.54, 1.807) is 24.3 Å². The van der Waals surface area contributed by atoms with Gasteiger partial charge < -0.3 is 0 Å². The molecule has 3 rings (SSSR count). The number of carbonyl (C=O) groups excluding carboxylic acids is 1. The summed E-state index contributed by atoms with van der Waals surface area (Å²) in [6.07, 6.45) is 0. The fourth-order valence-corrected chi connectivity index (χ4v) is 2.20. The number of ketones is 1. The van der Waals surface area contributed by atoms with Crippen molar-refractivity contribution in [2.75, 3.05) is 0 Å². The lowest BCUT2D eigenvalue weighted by Gasteiger charge is -2.02. The van der Waals surface area contributed by atoms with Crippen LogP contribution >= 0.6 is 15.9 Å². The first-order chi connectivity index (χ1) is 9.24. The summed E-state index contributed by atoms with van der Waals surface area (Å²) >= 11 is 3.26. The van der Waals surface area contributed by atoms with Crippen molar-refractivity contribution in [3.05, 3.63) is 70.6 Å². The minimum atomic E-state index is -0.174. The van der Waals surface area contributed by atoms with Crippen LogP contribution in [0, 0.1) is 0 Å². The predicted octanol–water partition coefficient (Wildman–Crippen LogP) is 3.62. The average Bonchev–Trinajstić information content (AvgIpc) is 2.46. The molecule has 0 saturated carbocycles. The van der Waals surface area contributed by atoms with E-state index in [-0.39, 0.29) is 5.78 Å². The molecule has 0 radical (unpaired) electrons. The van der Waals surface area contributed by atoms with Gasteiger partial charge in [-0.05, 0) is 40.2 Å². The van der Waals surface area contributed by atoms with Gasteiger partial charge in [0, 0.05) is 5.39 Å². The van der Waals surface area contributed by atoms with E-state index in [0.29, 0.717) is 16.0 Å². The molecular weight excluding hydrogens is 304 g/mol. The Bertz CT molecular complexity index is 771. The van der Waals surface area contributed by atoms with E-state index in [9.17, 15) is 4.79 Å². The quantitative estimate of drug-likeness (QED) is 0.536. The molecule has 4 heteroatoms. The molecule has 0 spiro atoms. The van der Waals surface area contributed by atoms with E-state index in [0.717, 1.165) is 10.9 Å². The number of benzene rings is 1. The standard InChI is InChI=1S/C15H9BrN2O/c16-14-7-3-6-12(18-14)15(19)13-9-8-10-4-1-2-5-11(10)17-13/h1-9H. The topological polar surface area (TPSA) is 42.9 Å². The summed E-state index contributed by atoms with van der Waals surface area (Å²) in [7, 11) is 0. The van der Waals surface area contributed by atoms with Crippen molar-refractivity contribution in [2.24, 2.45) is 0 Å². The molecule has 0 fully saturated rings. The van der Waals surface area contributed by atoms with Crippen LogP contribution in [0.25, 0.3) is 10.9 Å². The molecule has 92 valence electrons. The predicted molar refractivity (Wildman–Crippen MR) is 77.1 cm³/mol. The van der Waals surface area contributed by atoms with E-state index >= 15 is 0 Å². The van der Waals surface area contributed by atoms with Crippen LogP contribution in [0.15, 0.2) is 59.2 Å². The third kappa shape index (κ3) is 2.39. The normalized spacial score (nSPS) is 10.6. The van der Waals surface area contributed by atoms with Crippen molar-refractivity contribution in [1.29, 1.82) is 0 Å². The maximum atomic E-state index is 12.3. The maximum absolute atomic E-state index is 12.3. The van der Waals surface area contributed by atoms with Gasteiger partial charge in [0.05, 0.1) is 5.52 Å². The van der Waals surface area contributed by atoms with Crippen LogP contribution in [0.5, 0.6) is 0 Å². The Morgan fingerprint density at radius 2 is 1.63 bits per heavy atom. The number of para-hydroxylation sites is 1. The number of fused-ring (bicyclic) bond motifs is 1. The molecule has 0 atom stereocenters. The smallest absolute Gasteiger partial charge is 0.229 e. The summed E-state index contributed by atoms with van der Waals surface area (Å²) in [6, 6.07) is 16.6. The number of aromatic nitrogens is 2. The highest BCUT2D eigenvalue weighted by Crippen LogP contribution is 2.15. The van der Waals surface area contributed by atoms with Crippen molar-refractivity contribution < 1.29 is 4.79 Å². The third-order valence-corrected chi connectivity index (χ3v) is 3.22.